The van der Waals surface area contributed by atoms with Crippen molar-refractivity contribution >= 4 is 10.9 Å². The zero-order chi connectivity index (χ0) is 14.2. The molecule has 0 spiro atoms. The summed E-state index contributed by atoms with van der Waals surface area (Å²) in [6, 6.07) is 9.91. The molecule has 0 amide bonds. The molecule has 3 heterocycles. The minimum atomic E-state index is 0.645. The van der Waals surface area contributed by atoms with Gasteiger partial charge < -0.3 is 5.32 Å². The fraction of sp³-hybridized carbons (Fsp3) is 0.588. The van der Waals surface area contributed by atoms with Gasteiger partial charge in [-0.15, -0.1) is 0 Å². The third kappa shape index (κ3) is 2.36. The Morgan fingerprint density at radius 2 is 2.10 bits per heavy atom. The molecular weight excluding hydrogens is 260 g/mol. The lowest BCUT2D eigenvalue weighted by Crippen LogP contribution is -2.44. The quantitative estimate of drug-likeness (QED) is 0.939. The lowest BCUT2D eigenvalue weighted by atomic mass is 9.99. The number of piperidine rings is 1. The molecule has 1 aromatic carbocycles. The monoisotopic (exact) mass is 284 g/mol. The Balaban J connectivity index is 1.49. The Kier molecular flexibility index (Phi) is 3.43. The first-order valence-electron chi connectivity index (χ1n) is 8.21. The van der Waals surface area contributed by atoms with Gasteiger partial charge in [0, 0.05) is 37.6 Å². The maximum Gasteiger partial charge on any atom is 0.0841 e. The van der Waals surface area contributed by atoms with Crippen LogP contribution in [0.1, 0.15) is 31.4 Å². The number of nitrogens with zero attached hydrogens (tertiary/aromatic N) is 3. The molecule has 21 heavy (non-hydrogen) atoms. The second-order valence-corrected chi connectivity index (χ2v) is 6.46. The molecule has 2 unspecified atom stereocenters. The molecule has 0 radical (unpaired) electrons. The maximum atomic E-state index is 4.70. The second kappa shape index (κ2) is 5.43. The molecule has 2 atom stereocenters. The molecule has 2 saturated heterocycles. The van der Waals surface area contributed by atoms with Gasteiger partial charge in [-0.3, -0.25) is 9.58 Å². The van der Waals surface area contributed by atoms with Crippen molar-refractivity contribution in [1.82, 2.24) is 20.0 Å². The smallest absolute Gasteiger partial charge is 0.0841 e. The average molecular weight is 284 g/mol. The first-order valence-corrected chi connectivity index (χ1v) is 8.21. The molecule has 1 N–H and O–H groups in total. The molecule has 112 valence electrons. The number of hydrogen-bond acceptors (Lipinski definition) is 3. The highest BCUT2D eigenvalue weighted by Crippen LogP contribution is 2.27. The van der Waals surface area contributed by atoms with Crippen molar-refractivity contribution in [1.29, 1.82) is 0 Å². The SMILES string of the molecule is Cn1nc(CNC2CCN3CCCCC23)c2ccccc21. The fourth-order valence-electron chi connectivity index (χ4n) is 4.13. The Bertz CT molecular complexity index is 633. The lowest BCUT2D eigenvalue weighted by Gasteiger charge is -2.32. The lowest BCUT2D eigenvalue weighted by molar-refractivity contribution is 0.180. The van der Waals surface area contributed by atoms with Crippen molar-refractivity contribution in [2.24, 2.45) is 7.05 Å². The maximum absolute atomic E-state index is 4.70. The number of nitrogens with one attached hydrogen (secondary N) is 1. The van der Waals surface area contributed by atoms with Crippen LogP contribution in [0, 0.1) is 0 Å². The molecule has 2 aromatic rings. The van der Waals surface area contributed by atoms with Crippen molar-refractivity contribution in [3.05, 3.63) is 30.0 Å². The first kappa shape index (κ1) is 13.3. The summed E-state index contributed by atoms with van der Waals surface area (Å²) >= 11 is 0. The van der Waals surface area contributed by atoms with Gasteiger partial charge in [-0.2, -0.15) is 5.10 Å². The van der Waals surface area contributed by atoms with Crippen molar-refractivity contribution in [2.75, 3.05) is 13.1 Å². The summed E-state index contributed by atoms with van der Waals surface area (Å²) in [5, 5.41) is 9.76. The minimum absolute atomic E-state index is 0.645. The van der Waals surface area contributed by atoms with Gasteiger partial charge in [0.2, 0.25) is 0 Å². The molecule has 0 bridgehead atoms. The van der Waals surface area contributed by atoms with E-state index in [9.17, 15) is 0 Å². The normalized spacial score (nSPS) is 26.3. The van der Waals surface area contributed by atoms with Gasteiger partial charge in [0.05, 0.1) is 11.2 Å². The summed E-state index contributed by atoms with van der Waals surface area (Å²) in [6.07, 6.45) is 5.43. The summed E-state index contributed by atoms with van der Waals surface area (Å²) in [6.45, 7) is 3.46. The number of hydrogen-bond donors (Lipinski definition) is 1. The van der Waals surface area contributed by atoms with Gasteiger partial charge in [-0.1, -0.05) is 24.6 Å². The van der Waals surface area contributed by atoms with Crippen LogP contribution in [0.3, 0.4) is 0 Å². The Morgan fingerprint density at radius 3 is 3.05 bits per heavy atom. The molecule has 2 fully saturated rings. The number of aromatic nitrogens is 2. The summed E-state index contributed by atoms with van der Waals surface area (Å²) in [4.78, 5) is 2.68. The van der Waals surface area contributed by atoms with Crippen LogP contribution >= 0.6 is 0 Å². The molecule has 0 saturated carbocycles. The van der Waals surface area contributed by atoms with Gasteiger partial charge in [0.25, 0.3) is 0 Å². The van der Waals surface area contributed by atoms with E-state index >= 15 is 0 Å². The van der Waals surface area contributed by atoms with Crippen LogP contribution in [-0.2, 0) is 13.6 Å². The van der Waals surface area contributed by atoms with E-state index < -0.39 is 0 Å². The summed E-state index contributed by atoms with van der Waals surface area (Å²) in [5.41, 5.74) is 2.40. The second-order valence-electron chi connectivity index (χ2n) is 6.46. The number of rotatable bonds is 3. The van der Waals surface area contributed by atoms with Crippen molar-refractivity contribution in [2.45, 2.75) is 44.3 Å². The number of benzene rings is 1. The first-order chi connectivity index (χ1) is 10.3. The van der Waals surface area contributed by atoms with Crippen LogP contribution in [0.15, 0.2) is 24.3 Å². The van der Waals surface area contributed by atoms with E-state index in [1.807, 2.05) is 11.7 Å². The highest BCUT2D eigenvalue weighted by atomic mass is 15.3. The molecule has 4 heteroatoms. The number of aryl methyl sites for hydroxylation is 1. The van der Waals surface area contributed by atoms with Crippen LogP contribution in [0.25, 0.3) is 10.9 Å². The van der Waals surface area contributed by atoms with E-state index in [0.29, 0.717) is 6.04 Å². The molecule has 0 aliphatic carbocycles. The zero-order valence-corrected chi connectivity index (χ0v) is 12.8. The Labute approximate surface area is 126 Å². The van der Waals surface area contributed by atoms with E-state index in [1.54, 1.807) is 0 Å². The van der Waals surface area contributed by atoms with Gasteiger partial charge in [0.1, 0.15) is 0 Å². The van der Waals surface area contributed by atoms with Crippen LogP contribution in [0.4, 0.5) is 0 Å². The Morgan fingerprint density at radius 1 is 1.19 bits per heavy atom. The molecule has 1 aromatic heterocycles. The van der Waals surface area contributed by atoms with E-state index in [4.69, 9.17) is 5.10 Å². The highest BCUT2D eigenvalue weighted by Gasteiger charge is 2.35. The molecule has 4 rings (SSSR count). The van der Waals surface area contributed by atoms with Gasteiger partial charge >= 0.3 is 0 Å². The molecule has 2 aliphatic rings. The predicted molar refractivity (Wildman–Crippen MR) is 85.2 cm³/mol. The summed E-state index contributed by atoms with van der Waals surface area (Å²) < 4.78 is 1.99. The standard InChI is InChI=1S/C17H24N4/c1-20-16-7-3-2-6-13(16)15(19-20)12-18-14-9-11-21-10-5-4-8-17(14)21/h2-3,6-7,14,17-18H,4-5,8-12H2,1H3. The third-order valence-corrected chi connectivity index (χ3v) is 5.22. The zero-order valence-electron chi connectivity index (χ0n) is 12.8. The van der Waals surface area contributed by atoms with Gasteiger partial charge in [-0.05, 0) is 31.9 Å². The van der Waals surface area contributed by atoms with Crippen LogP contribution in [-0.4, -0.2) is 39.9 Å². The van der Waals surface area contributed by atoms with E-state index in [1.165, 1.54) is 55.4 Å². The van der Waals surface area contributed by atoms with Crippen LogP contribution < -0.4 is 5.32 Å². The number of para-hydroxylation sites is 1. The van der Waals surface area contributed by atoms with Gasteiger partial charge in [0.15, 0.2) is 0 Å². The predicted octanol–water partition coefficient (Wildman–Crippen LogP) is 2.29. The van der Waals surface area contributed by atoms with Crippen molar-refractivity contribution < 1.29 is 0 Å². The highest BCUT2D eigenvalue weighted by molar-refractivity contribution is 5.81. The van der Waals surface area contributed by atoms with Gasteiger partial charge in [-0.25, -0.2) is 0 Å². The van der Waals surface area contributed by atoms with Crippen molar-refractivity contribution in [3.63, 3.8) is 0 Å². The fourth-order valence-corrected chi connectivity index (χ4v) is 4.13. The summed E-state index contributed by atoms with van der Waals surface area (Å²) in [5.74, 6) is 0. The third-order valence-electron chi connectivity index (χ3n) is 5.22. The Hall–Kier alpha value is -1.39. The van der Waals surface area contributed by atoms with E-state index in [2.05, 4.69) is 34.5 Å². The van der Waals surface area contributed by atoms with Crippen LogP contribution in [0.5, 0.6) is 0 Å². The summed E-state index contributed by atoms with van der Waals surface area (Å²) in [7, 11) is 2.03. The topological polar surface area (TPSA) is 33.1 Å². The van der Waals surface area contributed by atoms with Crippen LogP contribution in [0.2, 0.25) is 0 Å². The molecular formula is C17H24N4. The van der Waals surface area contributed by atoms with E-state index in [0.717, 1.165) is 12.6 Å². The van der Waals surface area contributed by atoms with E-state index in [-0.39, 0.29) is 0 Å². The largest absolute Gasteiger partial charge is 0.307 e. The number of fused-ring (bicyclic) bond motifs is 2. The molecule has 4 nitrogen and oxygen atoms in total. The molecule has 2 aliphatic heterocycles. The minimum Gasteiger partial charge on any atom is -0.307 e. The van der Waals surface area contributed by atoms with Crippen molar-refractivity contribution in [3.8, 4) is 0 Å². The average Bonchev–Trinajstić information content (AvgIpc) is 3.08.